The van der Waals surface area contributed by atoms with Gasteiger partial charge < -0.3 is 16.0 Å². The number of rotatable bonds is 4. The van der Waals surface area contributed by atoms with Crippen molar-refractivity contribution in [2.24, 2.45) is 0 Å². The van der Waals surface area contributed by atoms with Crippen molar-refractivity contribution in [2.75, 3.05) is 24.7 Å². The molecule has 0 fully saturated rings. The predicted molar refractivity (Wildman–Crippen MR) is 70.5 cm³/mol. The van der Waals surface area contributed by atoms with Gasteiger partial charge in [0.2, 0.25) is 0 Å². The first kappa shape index (κ1) is 12.8. The maximum Gasteiger partial charge on any atom is 0.253 e. The molecule has 0 saturated heterocycles. The van der Waals surface area contributed by atoms with E-state index in [1.807, 2.05) is 19.0 Å². The van der Waals surface area contributed by atoms with E-state index < -0.39 is 0 Å². The second-order valence-corrected chi connectivity index (χ2v) is 4.18. The lowest BCUT2D eigenvalue weighted by atomic mass is 10.1. The third kappa shape index (κ3) is 2.97. The van der Waals surface area contributed by atoms with Crippen LogP contribution in [0.1, 0.15) is 16.2 Å². The normalized spacial score (nSPS) is 10.2. The van der Waals surface area contributed by atoms with Crippen LogP contribution in [0.2, 0.25) is 0 Å². The number of nitrogens with two attached hydrogens (primary N) is 1. The van der Waals surface area contributed by atoms with Crippen molar-refractivity contribution < 1.29 is 4.79 Å². The zero-order valence-electron chi connectivity index (χ0n) is 10.7. The van der Waals surface area contributed by atoms with Crippen molar-refractivity contribution in [3.63, 3.8) is 0 Å². The van der Waals surface area contributed by atoms with E-state index in [9.17, 15) is 4.79 Å². The maximum absolute atomic E-state index is 12.1. The van der Waals surface area contributed by atoms with Gasteiger partial charge in [0.25, 0.3) is 5.91 Å². The van der Waals surface area contributed by atoms with E-state index in [2.05, 4.69) is 25.9 Å². The van der Waals surface area contributed by atoms with E-state index in [4.69, 9.17) is 5.73 Å². The first-order valence-corrected chi connectivity index (χ1v) is 5.65. The fraction of sp³-hybridized carbons (Fsp3) is 0.273. The van der Waals surface area contributed by atoms with Gasteiger partial charge in [0.05, 0.1) is 12.1 Å². The molecule has 8 nitrogen and oxygen atoms in total. The lowest BCUT2D eigenvalue weighted by molar-refractivity contribution is 0.0950. The SMILES string of the molecule is CN(C)c1ccc(N)cc1C(=O)NCc1nn[nH]n1. The van der Waals surface area contributed by atoms with Crippen LogP contribution >= 0.6 is 0 Å². The summed E-state index contributed by atoms with van der Waals surface area (Å²) in [6, 6.07) is 5.20. The molecule has 0 aliphatic heterocycles. The number of tetrazole rings is 1. The molecule has 0 atom stereocenters. The molecular formula is C11H15N7O. The number of H-pyrrole nitrogens is 1. The summed E-state index contributed by atoms with van der Waals surface area (Å²) in [5.41, 5.74) is 7.55. The van der Waals surface area contributed by atoms with E-state index in [1.54, 1.807) is 18.2 Å². The van der Waals surface area contributed by atoms with Gasteiger partial charge in [0.15, 0.2) is 5.82 Å². The number of carbonyl (C=O) groups is 1. The number of hydrogen-bond donors (Lipinski definition) is 3. The second kappa shape index (κ2) is 5.34. The number of aromatic nitrogens is 4. The third-order valence-corrected chi connectivity index (χ3v) is 2.54. The van der Waals surface area contributed by atoms with Gasteiger partial charge in [-0.2, -0.15) is 5.21 Å². The van der Waals surface area contributed by atoms with Gasteiger partial charge in [-0.15, -0.1) is 10.2 Å². The Morgan fingerprint density at radius 2 is 2.26 bits per heavy atom. The highest BCUT2D eigenvalue weighted by Gasteiger charge is 2.13. The Kier molecular flexibility index (Phi) is 3.60. The first-order chi connectivity index (χ1) is 9.08. The third-order valence-electron chi connectivity index (χ3n) is 2.54. The molecule has 1 heterocycles. The minimum atomic E-state index is -0.235. The number of anilines is 2. The van der Waals surface area contributed by atoms with Crippen molar-refractivity contribution in [3.05, 3.63) is 29.6 Å². The number of nitrogen functional groups attached to an aromatic ring is 1. The van der Waals surface area contributed by atoms with Gasteiger partial charge in [-0.3, -0.25) is 4.79 Å². The smallest absolute Gasteiger partial charge is 0.253 e. The molecule has 2 aromatic rings. The zero-order valence-corrected chi connectivity index (χ0v) is 10.7. The van der Waals surface area contributed by atoms with Crippen LogP contribution in [-0.2, 0) is 6.54 Å². The molecule has 8 heteroatoms. The van der Waals surface area contributed by atoms with E-state index in [0.717, 1.165) is 5.69 Å². The Bertz CT molecular complexity index is 564. The number of carbonyl (C=O) groups excluding carboxylic acids is 1. The molecule has 1 aromatic carbocycles. The van der Waals surface area contributed by atoms with Gasteiger partial charge in [-0.1, -0.05) is 5.21 Å². The van der Waals surface area contributed by atoms with E-state index >= 15 is 0 Å². The number of nitrogens with zero attached hydrogens (tertiary/aromatic N) is 4. The quantitative estimate of drug-likeness (QED) is 0.656. The number of aromatic amines is 1. The monoisotopic (exact) mass is 261 g/mol. The van der Waals surface area contributed by atoms with E-state index in [0.29, 0.717) is 17.1 Å². The van der Waals surface area contributed by atoms with Crippen LogP contribution in [0.3, 0.4) is 0 Å². The summed E-state index contributed by atoms with van der Waals surface area (Å²) < 4.78 is 0. The Hall–Kier alpha value is -2.64. The Balaban J connectivity index is 2.16. The van der Waals surface area contributed by atoms with Gasteiger partial charge in [0, 0.05) is 25.5 Å². The van der Waals surface area contributed by atoms with E-state index in [-0.39, 0.29) is 12.5 Å². The van der Waals surface area contributed by atoms with Crippen LogP contribution in [0, 0.1) is 0 Å². The molecule has 0 bridgehead atoms. The van der Waals surface area contributed by atoms with Crippen LogP contribution in [0.4, 0.5) is 11.4 Å². The van der Waals surface area contributed by atoms with Crippen LogP contribution in [-0.4, -0.2) is 40.6 Å². The maximum atomic E-state index is 12.1. The number of hydrogen-bond acceptors (Lipinski definition) is 6. The summed E-state index contributed by atoms with van der Waals surface area (Å²) in [6.07, 6.45) is 0. The fourth-order valence-electron chi connectivity index (χ4n) is 1.64. The Morgan fingerprint density at radius 1 is 1.47 bits per heavy atom. The molecular weight excluding hydrogens is 246 g/mol. The van der Waals surface area contributed by atoms with Gasteiger partial charge in [0.1, 0.15) is 0 Å². The highest BCUT2D eigenvalue weighted by molar-refractivity contribution is 6.00. The lowest BCUT2D eigenvalue weighted by Gasteiger charge is -2.17. The second-order valence-electron chi connectivity index (χ2n) is 4.18. The van der Waals surface area contributed by atoms with Crippen LogP contribution in [0.25, 0.3) is 0 Å². The highest BCUT2D eigenvalue weighted by atomic mass is 16.1. The number of nitrogens with one attached hydrogen (secondary N) is 2. The van der Waals surface area contributed by atoms with Crippen molar-refractivity contribution in [3.8, 4) is 0 Å². The molecule has 0 unspecified atom stereocenters. The minimum absolute atomic E-state index is 0.205. The Morgan fingerprint density at radius 3 is 2.89 bits per heavy atom. The molecule has 2 rings (SSSR count). The summed E-state index contributed by atoms with van der Waals surface area (Å²) >= 11 is 0. The van der Waals surface area contributed by atoms with Crippen molar-refractivity contribution in [2.45, 2.75) is 6.54 Å². The summed E-state index contributed by atoms with van der Waals surface area (Å²) in [6.45, 7) is 0.205. The topological polar surface area (TPSA) is 113 Å². The number of amides is 1. The fourth-order valence-corrected chi connectivity index (χ4v) is 1.64. The molecule has 1 aromatic heterocycles. The molecule has 100 valence electrons. The van der Waals surface area contributed by atoms with Crippen molar-refractivity contribution in [1.82, 2.24) is 25.9 Å². The van der Waals surface area contributed by atoms with Gasteiger partial charge >= 0.3 is 0 Å². The summed E-state index contributed by atoms with van der Waals surface area (Å²) in [7, 11) is 3.73. The van der Waals surface area contributed by atoms with Crippen LogP contribution in [0.15, 0.2) is 18.2 Å². The van der Waals surface area contributed by atoms with Gasteiger partial charge in [-0.05, 0) is 18.2 Å². The minimum Gasteiger partial charge on any atom is -0.399 e. The van der Waals surface area contributed by atoms with E-state index in [1.165, 1.54) is 0 Å². The van der Waals surface area contributed by atoms with Crippen molar-refractivity contribution >= 4 is 17.3 Å². The number of benzene rings is 1. The molecule has 0 saturated carbocycles. The standard InChI is InChI=1S/C11H15N7O/c1-18(2)9-4-3-7(12)5-8(9)11(19)13-6-10-14-16-17-15-10/h3-5H,6,12H2,1-2H3,(H,13,19)(H,14,15,16,17). The molecule has 4 N–H and O–H groups in total. The van der Waals surface area contributed by atoms with Crippen LogP contribution in [0.5, 0.6) is 0 Å². The first-order valence-electron chi connectivity index (χ1n) is 5.65. The van der Waals surface area contributed by atoms with Gasteiger partial charge in [-0.25, -0.2) is 0 Å². The summed E-state index contributed by atoms with van der Waals surface area (Å²) in [5, 5.41) is 16.0. The molecule has 0 radical (unpaired) electrons. The molecule has 0 aliphatic carbocycles. The Labute approximate surface area is 110 Å². The summed E-state index contributed by atoms with van der Waals surface area (Å²) in [5.74, 6) is 0.185. The predicted octanol–water partition coefficient (Wildman–Crippen LogP) is -0.222. The highest BCUT2D eigenvalue weighted by Crippen LogP contribution is 2.21. The molecule has 0 aliphatic rings. The molecule has 0 spiro atoms. The average molecular weight is 261 g/mol. The largest absolute Gasteiger partial charge is 0.399 e. The summed E-state index contributed by atoms with van der Waals surface area (Å²) in [4.78, 5) is 14.0. The van der Waals surface area contributed by atoms with Crippen LogP contribution < -0.4 is 16.0 Å². The average Bonchev–Trinajstić information content (AvgIpc) is 2.88. The molecule has 1 amide bonds. The lowest BCUT2D eigenvalue weighted by Crippen LogP contribution is -2.26. The van der Waals surface area contributed by atoms with Crippen molar-refractivity contribution in [1.29, 1.82) is 0 Å². The zero-order chi connectivity index (χ0) is 13.8. The molecule has 19 heavy (non-hydrogen) atoms.